The van der Waals surface area contributed by atoms with Gasteiger partial charge in [0.1, 0.15) is 30.0 Å². The third kappa shape index (κ3) is 4.65. The zero-order valence-electron chi connectivity index (χ0n) is 11.8. The summed E-state index contributed by atoms with van der Waals surface area (Å²) in [4.78, 5) is 0. The van der Waals surface area contributed by atoms with Gasteiger partial charge in [-0.2, -0.15) is 0 Å². The molecule has 0 spiro atoms. The molecule has 0 aliphatic carbocycles. The Morgan fingerprint density at radius 3 is 2.57 bits per heavy atom. The average Bonchev–Trinajstić information content (AvgIpc) is 2.52. The van der Waals surface area contributed by atoms with E-state index in [4.69, 9.17) is 9.47 Å². The molecule has 2 N–H and O–H groups in total. The Balaban J connectivity index is 1.79. The highest BCUT2D eigenvalue weighted by Gasteiger charge is 2.07. The fraction of sp³-hybridized carbons (Fsp3) is 0.250. The van der Waals surface area contributed by atoms with Crippen molar-refractivity contribution in [1.82, 2.24) is 0 Å². The molecule has 0 aliphatic rings. The largest absolute Gasteiger partial charge is 0.495 e. The Morgan fingerprint density at radius 1 is 1.14 bits per heavy atom. The van der Waals surface area contributed by atoms with Crippen LogP contribution in [0, 0.1) is 5.82 Å². The number of rotatable bonds is 7. The van der Waals surface area contributed by atoms with Gasteiger partial charge in [-0.05, 0) is 36.4 Å². The number of benzene rings is 2. The Kier molecular flexibility index (Phi) is 5.40. The predicted molar refractivity (Wildman–Crippen MR) is 79.4 cm³/mol. The predicted octanol–water partition coefficient (Wildman–Crippen LogP) is 2.69. The molecule has 0 fully saturated rings. The molecule has 2 rings (SSSR count). The van der Waals surface area contributed by atoms with Gasteiger partial charge < -0.3 is 19.9 Å². The number of anilines is 1. The Bertz CT molecular complexity index is 560. The lowest BCUT2D eigenvalue weighted by atomic mass is 10.2. The van der Waals surface area contributed by atoms with Gasteiger partial charge in [0, 0.05) is 6.54 Å². The molecule has 0 bridgehead atoms. The van der Waals surface area contributed by atoms with Crippen molar-refractivity contribution in [3.05, 3.63) is 54.3 Å². The summed E-state index contributed by atoms with van der Waals surface area (Å²) in [6.07, 6.45) is -0.694. The first-order valence-electron chi connectivity index (χ1n) is 6.62. The lowest BCUT2D eigenvalue weighted by Gasteiger charge is -2.15. The van der Waals surface area contributed by atoms with Crippen LogP contribution in [0.25, 0.3) is 0 Å². The summed E-state index contributed by atoms with van der Waals surface area (Å²) in [5.41, 5.74) is 0.806. The van der Waals surface area contributed by atoms with E-state index >= 15 is 0 Å². The van der Waals surface area contributed by atoms with E-state index in [0.29, 0.717) is 18.0 Å². The molecule has 0 radical (unpaired) electrons. The van der Waals surface area contributed by atoms with E-state index in [1.807, 2.05) is 24.3 Å². The molecule has 2 aromatic rings. The third-order valence-electron chi connectivity index (χ3n) is 2.89. The lowest BCUT2D eigenvalue weighted by molar-refractivity contribution is 0.117. The maximum absolute atomic E-state index is 12.7. The summed E-state index contributed by atoms with van der Waals surface area (Å²) in [7, 11) is 1.59. The molecule has 1 unspecified atom stereocenters. The van der Waals surface area contributed by atoms with Gasteiger partial charge in [-0.1, -0.05) is 12.1 Å². The maximum Gasteiger partial charge on any atom is 0.141 e. The van der Waals surface area contributed by atoms with Crippen LogP contribution in [0.3, 0.4) is 0 Å². The molecule has 2 aromatic carbocycles. The first kappa shape index (κ1) is 15.1. The van der Waals surface area contributed by atoms with E-state index in [1.165, 1.54) is 24.3 Å². The molecule has 21 heavy (non-hydrogen) atoms. The molecule has 4 nitrogen and oxygen atoms in total. The number of aliphatic hydroxyl groups excluding tert-OH is 1. The van der Waals surface area contributed by atoms with Crippen LogP contribution in [-0.4, -0.2) is 31.5 Å². The first-order valence-corrected chi connectivity index (χ1v) is 6.62. The van der Waals surface area contributed by atoms with Gasteiger partial charge in [0.25, 0.3) is 0 Å². The van der Waals surface area contributed by atoms with Crippen LogP contribution in [0.4, 0.5) is 10.1 Å². The minimum Gasteiger partial charge on any atom is -0.495 e. The van der Waals surface area contributed by atoms with Crippen LogP contribution in [0.1, 0.15) is 0 Å². The number of ether oxygens (including phenoxy) is 2. The quantitative estimate of drug-likeness (QED) is 0.823. The molecular formula is C16H18FNO3. The van der Waals surface area contributed by atoms with E-state index < -0.39 is 6.10 Å². The van der Waals surface area contributed by atoms with Crippen molar-refractivity contribution in [3.63, 3.8) is 0 Å². The van der Waals surface area contributed by atoms with Crippen molar-refractivity contribution in [1.29, 1.82) is 0 Å². The lowest BCUT2D eigenvalue weighted by Crippen LogP contribution is -2.26. The first-order chi connectivity index (χ1) is 10.2. The number of para-hydroxylation sites is 2. The summed E-state index contributed by atoms with van der Waals surface area (Å²) in [6.45, 7) is 0.440. The molecule has 0 aliphatic heterocycles. The summed E-state index contributed by atoms with van der Waals surface area (Å²) < 4.78 is 23.3. The fourth-order valence-electron chi connectivity index (χ4n) is 1.80. The molecule has 0 aromatic heterocycles. The van der Waals surface area contributed by atoms with Gasteiger partial charge in [-0.3, -0.25) is 0 Å². The molecule has 0 saturated heterocycles. The zero-order chi connectivity index (χ0) is 15.1. The van der Waals surface area contributed by atoms with Gasteiger partial charge in [-0.25, -0.2) is 4.39 Å². The smallest absolute Gasteiger partial charge is 0.141 e. The van der Waals surface area contributed by atoms with Gasteiger partial charge in [-0.15, -0.1) is 0 Å². The van der Waals surface area contributed by atoms with E-state index in [0.717, 1.165) is 5.69 Å². The monoisotopic (exact) mass is 291 g/mol. The van der Waals surface area contributed by atoms with E-state index in [9.17, 15) is 9.50 Å². The van der Waals surface area contributed by atoms with Crippen molar-refractivity contribution >= 4 is 5.69 Å². The van der Waals surface area contributed by atoms with Crippen LogP contribution in [0.15, 0.2) is 48.5 Å². The van der Waals surface area contributed by atoms with E-state index in [-0.39, 0.29) is 12.4 Å². The third-order valence-corrected chi connectivity index (χ3v) is 2.89. The topological polar surface area (TPSA) is 50.7 Å². The van der Waals surface area contributed by atoms with Crippen LogP contribution in [0.5, 0.6) is 11.5 Å². The SMILES string of the molecule is COc1ccccc1NCC(O)COc1ccc(F)cc1. The highest BCUT2D eigenvalue weighted by Crippen LogP contribution is 2.22. The van der Waals surface area contributed by atoms with Crippen molar-refractivity contribution < 1.29 is 19.0 Å². The molecule has 0 heterocycles. The number of hydrogen-bond acceptors (Lipinski definition) is 4. The number of aliphatic hydroxyl groups is 1. The fourth-order valence-corrected chi connectivity index (χ4v) is 1.80. The Labute approximate surface area is 123 Å². The van der Waals surface area contributed by atoms with E-state index in [1.54, 1.807) is 7.11 Å². The van der Waals surface area contributed by atoms with Crippen LogP contribution in [0.2, 0.25) is 0 Å². The Morgan fingerprint density at radius 2 is 1.86 bits per heavy atom. The van der Waals surface area contributed by atoms with Gasteiger partial charge in [0.05, 0.1) is 12.8 Å². The molecule has 5 heteroatoms. The van der Waals surface area contributed by atoms with Crippen molar-refractivity contribution in [3.8, 4) is 11.5 Å². The molecule has 1 atom stereocenters. The van der Waals surface area contributed by atoms with Crippen molar-refractivity contribution in [2.75, 3.05) is 25.6 Å². The highest BCUT2D eigenvalue weighted by molar-refractivity contribution is 5.56. The standard InChI is InChI=1S/C16H18FNO3/c1-20-16-5-3-2-4-15(16)18-10-13(19)11-21-14-8-6-12(17)7-9-14/h2-9,13,18-19H,10-11H2,1H3. The second kappa shape index (κ2) is 7.50. The molecule has 0 amide bonds. The second-order valence-corrected chi connectivity index (χ2v) is 4.50. The summed E-state index contributed by atoms with van der Waals surface area (Å²) in [5.74, 6) is 0.914. The number of nitrogens with one attached hydrogen (secondary N) is 1. The van der Waals surface area contributed by atoms with Crippen LogP contribution < -0.4 is 14.8 Å². The second-order valence-electron chi connectivity index (χ2n) is 4.50. The average molecular weight is 291 g/mol. The normalized spacial score (nSPS) is 11.8. The van der Waals surface area contributed by atoms with Gasteiger partial charge in [0.2, 0.25) is 0 Å². The summed E-state index contributed by atoms with van der Waals surface area (Å²) in [6, 6.07) is 13.1. The number of hydrogen-bond donors (Lipinski definition) is 2. The summed E-state index contributed by atoms with van der Waals surface area (Å²) >= 11 is 0. The van der Waals surface area contributed by atoms with Crippen LogP contribution >= 0.6 is 0 Å². The molecular weight excluding hydrogens is 273 g/mol. The van der Waals surface area contributed by atoms with Crippen molar-refractivity contribution in [2.24, 2.45) is 0 Å². The van der Waals surface area contributed by atoms with E-state index in [2.05, 4.69) is 5.32 Å². The minimum absolute atomic E-state index is 0.119. The Hall–Kier alpha value is -2.27. The molecule has 0 saturated carbocycles. The van der Waals surface area contributed by atoms with Gasteiger partial charge >= 0.3 is 0 Å². The number of methoxy groups -OCH3 is 1. The van der Waals surface area contributed by atoms with Gasteiger partial charge in [0.15, 0.2) is 0 Å². The van der Waals surface area contributed by atoms with Crippen LogP contribution in [-0.2, 0) is 0 Å². The highest BCUT2D eigenvalue weighted by atomic mass is 19.1. The maximum atomic E-state index is 12.7. The zero-order valence-corrected chi connectivity index (χ0v) is 11.8. The van der Waals surface area contributed by atoms with Crippen molar-refractivity contribution in [2.45, 2.75) is 6.10 Å². The minimum atomic E-state index is -0.694. The number of halogens is 1. The molecule has 112 valence electrons. The summed E-state index contributed by atoms with van der Waals surface area (Å²) in [5, 5.41) is 13.0.